The molecule has 0 spiro atoms. The topological polar surface area (TPSA) is 34.5 Å². The molecule has 1 aliphatic heterocycles. The maximum atomic E-state index is 13.7. The van der Waals surface area contributed by atoms with Crippen molar-refractivity contribution in [1.29, 1.82) is 0 Å². The number of morpholine rings is 1. The van der Waals surface area contributed by atoms with Gasteiger partial charge in [-0.1, -0.05) is 6.07 Å². The fraction of sp³-hybridized carbons (Fsp3) is 0.476. The first kappa shape index (κ1) is 18.2. The average molecular weight is 374 g/mol. The van der Waals surface area contributed by atoms with Gasteiger partial charge in [0.2, 0.25) is 0 Å². The lowest BCUT2D eigenvalue weighted by Crippen LogP contribution is -2.41. The second kappa shape index (κ2) is 7.43. The van der Waals surface area contributed by atoms with Crippen LogP contribution in [0.1, 0.15) is 45.7 Å². The van der Waals surface area contributed by atoms with Crippen molar-refractivity contribution in [2.45, 2.75) is 39.2 Å². The van der Waals surface area contributed by atoms with Crippen molar-refractivity contribution in [3.63, 3.8) is 0 Å². The highest BCUT2D eigenvalue weighted by atomic mass is 19.2. The van der Waals surface area contributed by atoms with Crippen molar-refractivity contribution in [2.24, 2.45) is 0 Å². The molecular formula is C21H24F2N2O2. The molecule has 0 bridgehead atoms. The van der Waals surface area contributed by atoms with Crippen LogP contribution < -0.4 is 0 Å². The molecule has 1 amide bonds. The minimum absolute atomic E-state index is 0.00721. The number of ether oxygens (including phenoxy) is 1. The summed E-state index contributed by atoms with van der Waals surface area (Å²) in [5.74, 6) is -1.70. The summed E-state index contributed by atoms with van der Waals surface area (Å²) in [4.78, 5) is 15.1. The van der Waals surface area contributed by atoms with Crippen LogP contribution in [0.2, 0.25) is 0 Å². The van der Waals surface area contributed by atoms with Crippen LogP contribution in [0, 0.1) is 18.6 Å². The quantitative estimate of drug-likeness (QED) is 0.825. The third kappa shape index (κ3) is 3.38. The Hall–Kier alpha value is -2.21. The van der Waals surface area contributed by atoms with Gasteiger partial charge in [0.1, 0.15) is 5.69 Å². The third-order valence-corrected chi connectivity index (χ3v) is 5.67. The molecule has 2 heterocycles. The molecule has 2 aromatic rings. The molecular weight excluding hydrogens is 350 g/mol. The van der Waals surface area contributed by atoms with Gasteiger partial charge in [0.15, 0.2) is 11.6 Å². The molecule has 2 aliphatic rings. The SMILES string of the molecule is Cc1c2c(n(Cc3ccc(F)c(F)c3)c1C(=O)N1CCOCC1)CCCC2. The van der Waals surface area contributed by atoms with Gasteiger partial charge in [-0.05, 0) is 61.4 Å². The van der Waals surface area contributed by atoms with Crippen LogP contribution in [-0.4, -0.2) is 41.7 Å². The van der Waals surface area contributed by atoms with Crippen LogP contribution in [0.15, 0.2) is 18.2 Å². The molecule has 1 fully saturated rings. The van der Waals surface area contributed by atoms with Crippen LogP contribution in [0.25, 0.3) is 0 Å². The highest BCUT2D eigenvalue weighted by molar-refractivity contribution is 5.95. The Morgan fingerprint density at radius 3 is 2.59 bits per heavy atom. The molecule has 1 aromatic heterocycles. The Kier molecular flexibility index (Phi) is 5.00. The average Bonchev–Trinajstić information content (AvgIpc) is 2.97. The number of benzene rings is 1. The first-order valence-corrected chi connectivity index (χ1v) is 9.58. The van der Waals surface area contributed by atoms with Crippen LogP contribution in [0.4, 0.5) is 8.78 Å². The fourth-order valence-electron chi connectivity index (χ4n) is 4.26. The van der Waals surface area contributed by atoms with Crippen molar-refractivity contribution in [3.05, 3.63) is 57.9 Å². The first-order chi connectivity index (χ1) is 13.1. The Labute approximate surface area is 157 Å². The smallest absolute Gasteiger partial charge is 0.270 e. The molecule has 27 heavy (non-hydrogen) atoms. The zero-order chi connectivity index (χ0) is 19.0. The van der Waals surface area contributed by atoms with E-state index in [0.717, 1.165) is 37.3 Å². The van der Waals surface area contributed by atoms with Crippen molar-refractivity contribution >= 4 is 5.91 Å². The van der Waals surface area contributed by atoms with Gasteiger partial charge >= 0.3 is 0 Å². The number of amides is 1. The number of carbonyl (C=O) groups excluding carboxylic acids is 1. The summed E-state index contributed by atoms with van der Waals surface area (Å²) >= 11 is 0. The molecule has 1 aliphatic carbocycles. The normalized spacial score (nSPS) is 17.1. The highest BCUT2D eigenvalue weighted by Crippen LogP contribution is 2.31. The minimum atomic E-state index is -0.855. The Balaban J connectivity index is 1.76. The third-order valence-electron chi connectivity index (χ3n) is 5.67. The number of hydrogen-bond donors (Lipinski definition) is 0. The van der Waals surface area contributed by atoms with Crippen molar-refractivity contribution in [2.75, 3.05) is 26.3 Å². The lowest BCUT2D eigenvalue weighted by molar-refractivity contribution is 0.0295. The Bertz CT molecular complexity index is 870. The molecule has 0 saturated carbocycles. The van der Waals surface area contributed by atoms with Gasteiger partial charge in [-0.3, -0.25) is 4.79 Å². The van der Waals surface area contributed by atoms with Gasteiger partial charge < -0.3 is 14.2 Å². The van der Waals surface area contributed by atoms with Gasteiger partial charge in [0.05, 0.1) is 13.2 Å². The van der Waals surface area contributed by atoms with Crippen molar-refractivity contribution < 1.29 is 18.3 Å². The van der Waals surface area contributed by atoms with Gasteiger partial charge in [-0.2, -0.15) is 0 Å². The fourth-order valence-corrected chi connectivity index (χ4v) is 4.26. The van der Waals surface area contributed by atoms with Gasteiger partial charge in [0.25, 0.3) is 5.91 Å². The summed E-state index contributed by atoms with van der Waals surface area (Å²) in [5, 5.41) is 0. The molecule has 1 saturated heterocycles. The predicted molar refractivity (Wildman–Crippen MR) is 98.0 cm³/mol. The van der Waals surface area contributed by atoms with E-state index in [0.29, 0.717) is 44.1 Å². The number of rotatable bonds is 3. The van der Waals surface area contributed by atoms with E-state index in [2.05, 4.69) is 0 Å². The predicted octanol–water partition coefficient (Wildman–Crippen LogP) is 3.47. The Morgan fingerprint density at radius 1 is 1.11 bits per heavy atom. The molecule has 0 radical (unpaired) electrons. The lowest BCUT2D eigenvalue weighted by Gasteiger charge is -2.28. The second-order valence-electron chi connectivity index (χ2n) is 7.35. The van der Waals surface area contributed by atoms with E-state index in [1.165, 1.54) is 17.3 Å². The van der Waals surface area contributed by atoms with Crippen LogP contribution >= 0.6 is 0 Å². The number of halogens is 2. The maximum absolute atomic E-state index is 13.7. The van der Waals surface area contributed by atoms with Crippen molar-refractivity contribution in [3.8, 4) is 0 Å². The summed E-state index contributed by atoms with van der Waals surface area (Å²) in [6, 6.07) is 3.96. The van der Waals surface area contributed by atoms with E-state index < -0.39 is 11.6 Å². The monoisotopic (exact) mass is 374 g/mol. The summed E-state index contributed by atoms with van der Waals surface area (Å²) < 4.78 is 34.4. The highest BCUT2D eigenvalue weighted by Gasteiger charge is 2.29. The minimum Gasteiger partial charge on any atom is -0.378 e. The summed E-state index contributed by atoms with van der Waals surface area (Å²) in [6.07, 6.45) is 4.08. The van der Waals surface area contributed by atoms with E-state index >= 15 is 0 Å². The van der Waals surface area contributed by atoms with E-state index in [9.17, 15) is 13.6 Å². The van der Waals surface area contributed by atoms with Gasteiger partial charge in [-0.25, -0.2) is 8.78 Å². The summed E-state index contributed by atoms with van der Waals surface area (Å²) in [5.41, 5.74) is 4.80. The second-order valence-corrected chi connectivity index (χ2v) is 7.35. The lowest BCUT2D eigenvalue weighted by atomic mass is 9.95. The number of fused-ring (bicyclic) bond motifs is 1. The molecule has 4 rings (SSSR count). The zero-order valence-electron chi connectivity index (χ0n) is 15.6. The standard InChI is InChI=1S/C21H24F2N2O2/c1-14-16-4-2-3-5-19(16)25(13-15-6-7-17(22)18(23)12-15)20(14)21(26)24-8-10-27-11-9-24/h6-7,12H,2-5,8-11,13H2,1H3. The van der Waals surface area contributed by atoms with Gasteiger partial charge in [-0.15, -0.1) is 0 Å². The van der Waals surface area contributed by atoms with E-state index in [1.54, 1.807) is 6.07 Å². The van der Waals surface area contributed by atoms with Crippen LogP contribution in [0.5, 0.6) is 0 Å². The first-order valence-electron chi connectivity index (χ1n) is 9.58. The maximum Gasteiger partial charge on any atom is 0.270 e. The largest absolute Gasteiger partial charge is 0.378 e. The number of aromatic nitrogens is 1. The molecule has 0 N–H and O–H groups in total. The van der Waals surface area contributed by atoms with E-state index in [4.69, 9.17) is 4.74 Å². The van der Waals surface area contributed by atoms with E-state index in [-0.39, 0.29) is 5.91 Å². The molecule has 6 heteroatoms. The zero-order valence-corrected chi connectivity index (χ0v) is 15.6. The molecule has 0 atom stereocenters. The summed E-state index contributed by atoms with van der Waals surface area (Å²) in [7, 11) is 0. The molecule has 1 aromatic carbocycles. The molecule has 4 nitrogen and oxygen atoms in total. The van der Waals surface area contributed by atoms with E-state index in [1.807, 2.05) is 16.4 Å². The Morgan fingerprint density at radius 2 is 1.85 bits per heavy atom. The summed E-state index contributed by atoms with van der Waals surface area (Å²) in [6.45, 7) is 4.65. The molecule has 144 valence electrons. The molecule has 0 unspecified atom stereocenters. The van der Waals surface area contributed by atoms with Gasteiger partial charge in [0, 0.05) is 25.3 Å². The van der Waals surface area contributed by atoms with Crippen LogP contribution in [-0.2, 0) is 24.1 Å². The number of carbonyl (C=O) groups is 1. The number of nitrogens with zero attached hydrogens (tertiary/aromatic N) is 2. The van der Waals surface area contributed by atoms with Crippen molar-refractivity contribution in [1.82, 2.24) is 9.47 Å². The number of hydrogen-bond acceptors (Lipinski definition) is 2. The van der Waals surface area contributed by atoms with Crippen LogP contribution in [0.3, 0.4) is 0 Å².